The molecule has 7 nitrogen and oxygen atoms in total. The molecule has 2 N–H and O–H groups in total. The van der Waals surface area contributed by atoms with E-state index in [2.05, 4.69) is 0 Å². The van der Waals surface area contributed by atoms with Gasteiger partial charge in [0.2, 0.25) is 5.91 Å². The Morgan fingerprint density at radius 2 is 1.77 bits per heavy atom. The van der Waals surface area contributed by atoms with Gasteiger partial charge in [-0.25, -0.2) is 17.9 Å². The quantitative estimate of drug-likeness (QED) is 0.733. The maximum absolute atomic E-state index is 12.1. The second-order valence-corrected chi connectivity index (χ2v) is 8.72. The number of aromatic carboxylic acids is 1. The molecule has 0 saturated heterocycles. The van der Waals surface area contributed by atoms with E-state index in [1.807, 2.05) is 4.72 Å². The molecule has 0 radical (unpaired) electrons. The predicted molar refractivity (Wildman–Crippen MR) is 96.6 cm³/mol. The first-order valence-electron chi connectivity index (χ1n) is 7.47. The van der Waals surface area contributed by atoms with Crippen molar-refractivity contribution in [1.29, 1.82) is 0 Å². The lowest BCUT2D eigenvalue weighted by atomic mass is 10.1. The summed E-state index contributed by atoms with van der Waals surface area (Å²) >= 11 is 0. The molecule has 1 atom stereocenters. The number of aryl methyl sites for hydroxylation is 1. The van der Waals surface area contributed by atoms with E-state index in [9.17, 15) is 22.2 Å². The standard InChI is InChI=1S/C17H17NO6S2/c1-12-5-7-15(8-6-12)26(23,24)18-16(19)11-25(22)10-13-3-2-4-14(9-13)17(20)21/h2-9H,10-11H2,1H3,(H,18,19)(H,20,21). The van der Waals surface area contributed by atoms with E-state index >= 15 is 0 Å². The van der Waals surface area contributed by atoms with Crippen LogP contribution < -0.4 is 4.72 Å². The van der Waals surface area contributed by atoms with Crippen LogP contribution in [0.5, 0.6) is 0 Å². The molecule has 2 aromatic carbocycles. The Morgan fingerprint density at radius 1 is 1.12 bits per heavy atom. The monoisotopic (exact) mass is 395 g/mol. The molecule has 0 aromatic heterocycles. The molecule has 0 aliphatic heterocycles. The summed E-state index contributed by atoms with van der Waals surface area (Å²) in [6.45, 7) is 1.80. The summed E-state index contributed by atoms with van der Waals surface area (Å²) < 4.78 is 38.2. The summed E-state index contributed by atoms with van der Waals surface area (Å²) in [6, 6.07) is 11.8. The van der Waals surface area contributed by atoms with Crippen LogP contribution in [0.4, 0.5) is 0 Å². The van der Waals surface area contributed by atoms with Crippen LogP contribution >= 0.6 is 0 Å². The number of carboxylic acid groups (broad SMARTS) is 1. The van der Waals surface area contributed by atoms with Crippen molar-refractivity contribution in [1.82, 2.24) is 4.72 Å². The van der Waals surface area contributed by atoms with E-state index in [1.165, 1.54) is 30.3 Å². The van der Waals surface area contributed by atoms with E-state index in [4.69, 9.17) is 5.11 Å². The predicted octanol–water partition coefficient (Wildman–Crippen LogP) is 1.45. The summed E-state index contributed by atoms with van der Waals surface area (Å²) in [5.74, 6) is -2.57. The molecule has 0 aliphatic carbocycles. The van der Waals surface area contributed by atoms with Gasteiger partial charge in [-0.2, -0.15) is 0 Å². The zero-order valence-corrected chi connectivity index (χ0v) is 15.5. The minimum atomic E-state index is -4.02. The lowest BCUT2D eigenvalue weighted by Gasteiger charge is -2.08. The second-order valence-electron chi connectivity index (χ2n) is 5.58. The first kappa shape index (κ1) is 19.8. The van der Waals surface area contributed by atoms with Crippen LogP contribution in [0.25, 0.3) is 0 Å². The Bertz CT molecular complexity index is 951. The Kier molecular flexibility index (Phi) is 6.27. The Morgan fingerprint density at radius 3 is 2.38 bits per heavy atom. The van der Waals surface area contributed by atoms with Gasteiger partial charge in [-0.3, -0.25) is 9.00 Å². The Hall–Kier alpha value is -2.52. The van der Waals surface area contributed by atoms with E-state index in [0.717, 1.165) is 5.56 Å². The van der Waals surface area contributed by atoms with E-state index in [1.54, 1.807) is 25.1 Å². The van der Waals surface area contributed by atoms with E-state index < -0.39 is 38.5 Å². The number of hydrogen-bond acceptors (Lipinski definition) is 5. The molecule has 9 heteroatoms. The van der Waals surface area contributed by atoms with Crippen molar-refractivity contribution >= 4 is 32.7 Å². The topological polar surface area (TPSA) is 118 Å². The lowest BCUT2D eigenvalue weighted by Crippen LogP contribution is -2.34. The van der Waals surface area contributed by atoms with Crippen LogP contribution in [-0.2, 0) is 31.4 Å². The molecule has 1 unspecified atom stereocenters. The molecule has 26 heavy (non-hydrogen) atoms. The van der Waals surface area contributed by atoms with Crippen molar-refractivity contribution < 1.29 is 27.3 Å². The maximum atomic E-state index is 12.1. The number of carbonyl (C=O) groups is 2. The van der Waals surface area contributed by atoms with Gasteiger partial charge < -0.3 is 5.11 Å². The largest absolute Gasteiger partial charge is 0.478 e. The van der Waals surface area contributed by atoms with Gasteiger partial charge in [0.05, 0.1) is 10.5 Å². The van der Waals surface area contributed by atoms with Crippen LogP contribution in [0.2, 0.25) is 0 Å². The Labute approximate surface area is 153 Å². The summed E-state index contributed by atoms with van der Waals surface area (Å²) in [6.07, 6.45) is 0. The van der Waals surface area contributed by atoms with Crippen LogP contribution in [0.3, 0.4) is 0 Å². The van der Waals surface area contributed by atoms with Gasteiger partial charge in [0.15, 0.2) is 0 Å². The van der Waals surface area contributed by atoms with Crippen molar-refractivity contribution in [2.75, 3.05) is 5.75 Å². The number of carboxylic acids is 1. The Balaban J connectivity index is 1.98. The molecule has 2 aromatic rings. The number of benzene rings is 2. The molecule has 0 fully saturated rings. The normalized spacial score (nSPS) is 12.3. The fourth-order valence-corrected chi connectivity index (χ4v) is 4.23. The number of sulfonamides is 1. The minimum absolute atomic E-state index is 0.0471. The number of carbonyl (C=O) groups excluding carboxylic acids is 1. The smallest absolute Gasteiger partial charge is 0.335 e. The van der Waals surface area contributed by atoms with Gasteiger partial charge in [0.25, 0.3) is 10.0 Å². The van der Waals surface area contributed by atoms with Gasteiger partial charge in [-0.1, -0.05) is 29.8 Å². The fraction of sp³-hybridized carbons (Fsp3) is 0.176. The molecule has 0 bridgehead atoms. The van der Waals surface area contributed by atoms with Gasteiger partial charge >= 0.3 is 5.97 Å². The highest BCUT2D eigenvalue weighted by Crippen LogP contribution is 2.11. The average molecular weight is 395 g/mol. The van der Waals surface area contributed by atoms with Crippen molar-refractivity contribution in [3.8, 4) is 0 Å². The first-order chi connectivity index (χ1) is 12.2. The van der Waals surface area contributed by atoms with E-state index in [-0.39, 0.29) is 16.2 Å². The lowest BCUT2D eigenvalue weighted by molar-refractivity contribution is -0.116. The van der Waals surface area contributed by atoms with Crippen LogP contribution in [0.15, 0.2) is 53.4 Å². The molecule has 1 amide bonds. The van der Waals surface area contributed by atoms with Crippen molar-refractivity contribution in [3.63, 3.8) is 0 Å². The molecular formula is C17H17NO6S2. The number of rotatable bonds is 7. The third kappa shape index (κ3) is 5.50. The zero-order chi connectivity index (χ0) is 19.3. The number of hydrogen-bond donors (Lipinski definition) is 2. The maximum Gasteiger partial charge on any atom is 0.335 e. The summed E-state index contributed by atoms with van der Waals surface area (Å²) in [7, 11) is -5.71. The van der Waals surface area contributed by atoms with Crippen molar-refractivity contribution in [3.05, 3.63) is 65.2 Å². The first-order valence-corrected chi connectivity index (χ1v) is 10.4. The third-order valence-electron chi connectivity index (χ3n) is 3.37. The minimum Gasteiger partial charge on any atom is -0.478 e. The van der Waals surface area contributed by atoms with Gasteiger partial charge in [0, 0.05) is 16.6 Å². The molecule has 138 valence electrons. The highest BCUT2D eigenvalue weighted by Gasteiger charge is 2.19. The molecular weight excluding hydrogens is 378 g/mol. The summed E-state index contributed by atoms with van der Waals surface area (Å²) in [5, 5.41) is 8.94. The average Bonchev–Trinajstić information content (AvgIpc) is 2.54. The van der Waals surface area contributed by atoms with Crippen LogP contribution in [0.1, 0.15) is 21.5 Å². The van der Waals surface area contributed by atoms with Crippen molar-refractivity contribution in [2.45, 2.75) is 17.6 Å². The van der Waals surface area contributed by atoms with Gasteiger partial charge in [-0.15, -0.1) is 0 Å². The SMILES string of the molecule is Cc1ccc(S(=O)(=O)NC(=O)CS(=O)Cc2cccc(C(=O)O)c2)cc1. The van der Waals surface area contributed by atoms with Crippen LogP contribution in [-0.4, -0.2) is 35.4 Å². The number of nitrogens with one attached hydrogen (secondary N) is 1. The van der Waals surface area contributed by atoms with Gasteiger partial charge in [0.1, 0.15) is 5.75 Å². The fourth-order valence-electron chi connectivity index (χ4n) is 2.13. The number of amides is 1. The molecule has 2 rings (SSSR count). The highest BCUT2D eigenvalue weighted by atomic mass is 32.2. The summed E-state index contributed by atoms with van der Waals surface area (Å²) in [5.41, 5.74) is 1.41. The molecule has 0 spiro atoms. The van der Waals surface area contributed by atoms with Gasteiger partial charge in [-0.05, 0) is 36.8 Å². The highest BCUT2D eigenvalue weighted by molar-refractivity contribution is 7.90. The molecule has 0 saturated carbocycles. The van der Waals surface area contributed by atoms with Crippen LogP contribution in [0, 0.1) is 6.92 Å². The van der Waals surface area contributed by atoms with E-state index in [0.29, 0.717) is 5.56 Å². The second kappa shape index (κ2) is 8.24. The third-order valence-corrected chi connectivity index (χ3v) is 6.00. The summed E-state index contributed by atoms with van der Waals surface area (Å²) in [4.78, 5) is 22.8. The zero-order valence-electron chi connectivity index (χ0n) is 13.8. The molecule has 0 heterocycles. The van der Waals surface area contributed by atoms with Crippen molar-refractivity contribution in [2.24, 2.45) is 0 Å². The molecule has 0 aliphatic rings.